The molecule has 0 amide bonds. The summed E-state index contributed by atoms with van der Waals surface area (Å²) in [6, 6.07) is 7.95. The second-order valence-electron chi connectivity index (χ2n) is 4.08. The number of nitrogens with zero attached hydrogens (tertiary/aromatic N) is 2. The zero-order valence-corrected chi connectivity index (χ0v) is 12.8. The average molecular weight is 377 g/mol. The minimum absolute atomic E-state index is 0.00870. The maximum atomic E-state index is 6.13. The van der Waals surface area contributed by atoms with Gasteiger partial charge in [0.25, 0.3) is 0 Å². The summed E-state index contributed by atoms with van der Waals surface area (Å²) in [5.41, 5.74) is 4.87. The van der Waals surface area contributed by atoms with E-state index in [0.29, 0.717) is 0 Å². The van der Waals surface area contributed by atoms with Crippen molar-refractivity contribution >= 4 is 34.2 Å². The van der Waals surface area contributed by atoms with Gasteiger partial charge in [-0.15, -0.1) is 0 Å². The van der Waals surface area contributed by atoms with E-state index in [4.69, 9.17) is 17.4 Å². The van der Waals surface area contributed by atoms with Crippen molar-refractivity contribution in [3.8, 4) is 0 Å². The SMILES string of the molecule is Cn1ccc(CC(NN)c2ccc(I)c(Cl)c2)n1. The molecule has 1 aromatic carbocycles. The second-order valence-corrected chi connectivity index (χ2v) is 5.65. The number of nitrogens with one attached hydrogen (secondary N) is 1. The third-order valence-corrected chi connectivity index (χ3v) is 4.30. The van der Waals surface area contributed by atoms with Crippen LogP contribution in [0.4, 0.5) is 0 Å². The molecular weight excluding hydrogens is 363 g/mol. The van der Waals surface area contributed by atoms with E-state index in [1.165, 1.54) is 0 Å². The number of benzene rings is 1. The third-order valence-electron chi connectivity index (χ3n) is 2.73. The molecule has 4 nitrogen and oxygen atoms in total. The van der Waals surface area contributed by atoms with Crippen LogP contribution in [0.5, 0.6) is 0 Å². The average Bonchev–Trinajstić information content (AvgIpc) is 2.75. The van der Waals surface area contributed by atoms with Crippen molar-refractivity contribution in [3.63, 3.8) is 0 Å². The molecule has 0 aliphatic heterocycles. The van der Waals surface area contributed by atoms with Crippen LogP contribution in [0.25, 0.3) is 0 Å². The highest BCUT2D eigenvalue weighted by Crippen LogP contribution is 2.24. The van der Waals surface area contributed by atoms with Gasteiger partial charge in [0, 0.05) is 23.2 Å². The molecule has 18 heavy (non-hydrogen) atoms. The predicted molar refractivity (Wildman–Crippen MR) is 81.1 cm³/mol. The van der Waals surface area contributed by atoms with Crippen LogP contribution in [0.3, 0.4) is 0 Å². The summed E-state index contributed by atoms with van der Waals surface area (Å²) in [6.45, 7) is 0. The quantitative estimate of drug-likeness (QED) is 0.489. The number of aromatic nitrogens is 2. The van der Waals surface area contributed by atoms with E-state index in [9.17, 15) is 0 Å². The summed E-state index contributed by atoms with van der Waals surface area (Å²) in [5, 5.41) is 5.10. The fourth-order valence-corrected chi connectivity index (χ4v) is 2.31. The maximum Gasteiger partial charge on any atom is 0.0643 e. The molecule has 0 bridgehead atoms. The number of halogens is 2. The van der Waals surface area contributed by atoms with Crippen LogP contribution < -0.4 is 11.3 Å². The zero-order chi connectivity index (χ0) is 13.1. The summed E-state index contributed by atoms with van der Waals surface area (Å²) in [5.74, 6) is 5.62. The molecule has 1 heterocycles. The number of hydrazine groups is 1. The lowest BCUT2D eigenvalue weighted by atomic mass is 10.0. The summed E-state index contributed by atoms with van der Waals surface area (Å²) in [6.07, 6.45) is 2.65. The fourth-order valence-electron chi connectivity index (χ4n) is 1.78. The minimum Gasteiger partial charge on any atom is -0.276 e. The highest BCUT2D eigenvalue weighted by Gasteiger charge is 2.13. The third kappa shape index (κ3) is 3.23. The van der Waals surface area contributed by atoms with Crippen molar-refractivity contribution in [2.75, 3.05) is 0 Å². The number of aryl methyl sites for hydroxylation is 1. The first kappa shape index (κ1) is 13.8. The minimum atomic E-state index is 0.00870. The van der Waals surface area contributed by atoms with Gasteiger partial charge in [0.2, 0.25) is 0 Å². The first-order valence-corrected chi connectivity index (χ1v) is 6.95. The van der Waals surface area contributed by atoms with E-state index in [2.05, 4.69) is 33.1 Å². The van der Waals surface area contributed by atoms with Crippen molar-refractivity contribution in [2.45, 2.75) is 12.5 Å². The lowest BCUT2D eigenvalue weighted by molar-refractivity contribution is 0.541. The van der Waals surface area contributed by atoms with E-state index in [0.717, 1.165) is 26.3 Å². The largest absolute Gasteiger partial charge is 0.276 e. The van der Waals surface area contributed by atoms with Gasteiger partial charge in [-0.3, -0.25) is 16.0 Å². The van der Waals surface area contributed by atoms with Gasteiger partial charge in [-0.1, -0.05) is 17.7 Å². The molecule has 0 aliphatic carbocycles. The van der Waals surface area contributed by atoms with E-state index >= 15 is 0 Å². The number of nitrogens with two attached hydrogens (primary N) is 1. The van der Waals surface area contributed by atoms with Crippen molar-refractivity contribution in [2.24, 2.45) is 12.9 Å². The Morgan fingerprint density at radius 3 is 2.83 bits per heavy atom. The normalized spacial score (nSPS) is 12.7. The lowest BCUT2D eigenvalue weighted by Crippen LogP contribution is -2.29. The Morgan fingerprint density at radius 2 is 2.28 bits per heavy atom. The van der Waals surface area contributed by atoms with Crippen LogP contribution in [0.2, 0.25) is 5.02 Å². The Bertz CT molecular complexity index is 541. The van der Waals surface area contributed by atoms with Crippen molar-refractivity contribution in [1.29, 1.82) is 0 Å². The van der Waals surface area contributed by atoms with Crippen LogP contribution >= 0.6 is 34.2 Å². The number of hydrogen-bond donors (Lipinski definition) is 2. The molecule has 2 rings (SSSR count). The summed E-state index contributed by atoms with van der Waals surface area (Å²) < 4.78 is 2.82. The van der Waals surface area contributed by atoms with E-state index in [1.807, 2.05) is 37.5 Å². The Kier molecular flexibility index (Phi) is 4.60. The summed E-state index contributed by atoms with van der Waals surface area (Å²) in [4.78, 5) is 0. The molecule has 3 N–H and O–H groups in total. The Hall–Kier alpha value is -0.630. The van der Waals surface area contributed by atoms with E-state index in [1.54, 1.807) is 4.68 Å². The van der Waals surface area contributed by atoms with Crippen molar-refractivity contribution < 1.29 is 0 Å². The molecule has 0 spiro atoms. The van der Waals surface area contributed by atoms with Gasteiger partial charge >= 0.3 is 0 Å². The molecule has 1 aromatic heterocycles. The van der Waals surface area contributed by atoms with Crippen LogP contribution in [-0.2, 0) is 13.5 Å². The molecular formula is C12H14ClIN4. The van der Waals surface area contributed by atoms with Crippen molar-refractivity contribution in [1.82, 2.24) is 15.2 Å². The standard InChI is InChI=1S/C12H14ClIN4/c1-18-5-4-9(17-18)7-12(16-15)8-2-3-11(14)10(13)6-8/h2-6,12,16H,7,15H2,1H3. The van der Waals surface area contributed by atoms with Gasteiger partial charge in [0.05, 0.1) is 16.8 Å². The smallest absolute Gasteiger partial charge is 0.0643 e. The topological polar surface area (TPSA) is 55.9 Å². The highest BCUT2D eigenvalue weighted by atomic mass is 127. The number of rotatable bonds is 4. The van der Waals surface area contributed by atoms with Gasteiger partial charge in [-0.25, -0.2) is 0 Å². The van der Waals surface area contributed by atoms with Gasteiger partial charge in [-0.2, -0.15) is 5.10 Å². The molecule has 96 valence electrons. The first-order valence-electron chi connectivity index (χ1n) is 5.49. The summed E-state index contributed by atoms with van der Waals surface area (Å²) >= 11 is 8.33. The van der Waals surface area contributed by atoms with Crippen LogP contribution in [0.15, 0.2) is 30.5 Å². The Balaban J connectivity index is 2.19. The second kappa shape index (κ2) is 6.01. The van der Waals surface area contributed by atoms with Gasteiger partial charge in [-0.05, 0) is 46.4 Å². The predicted octanol–water partition coefficient (Wildman–Crippen LogP) is 2.43. The molecule has 0 saturated heterocycles. The van der Waals surface area contributed by atoms with E-state index < -0.39 is 0 Å². The monoisotopic (exact) mass is 376 g/mol. The van der Waals surface area contributed by atoms with Crippen LogP contribution in [0, 0.1) is 3.57 Å². The molecule has 2 aromatic rings. The molecule has 6 heteroatoms. The van der Waals surface area contributed by atoms with Crippen molar-refractivity contribution in [3.05, 3.63) is 50.3 Å². The Morgan fingerprint density at radius 1 is 1.50 bits per heavy atom. The lowest BCUT2D eigenvalue weighted by Gasteiger charge is -2.15. The summed E-state index contributed by atoms with van der Waals surface area (Å²) in [7, 11) is 1.90. The molecule has 0 radical (unpaired) electrons. The fraction of sp³-hybridized carbons (Fsp3) is 0.250. The van der Waals surface area contributed by atoms with Gasteiger partial charge in [0.1, 0.15) is 0 Å². The molecule has 1 atom stereocenters. The Labute approximate surface area is 125 Å². The molecule has 0 fully saturated rings. The zero-order valence-electron chi connectivity index (χ0n) is 9.90. The molecule has 0 aliphatic rings. The van der Waals surface area contributed by atoms with E-state index in [-0.39, 0.29) is 6.04 Å². The van der Waals surface area contributed by atoms with Gasteiger partial charge in [0.15, 0.2) is 0 Å². The first-order chi connectivity index (χ1) is 8.60. The maximum absolute atomic E-state index is 6.13. The molecule has 1 unspecified atom stereocenters. The van der Waals surface area contributed by atoms with Crippen LogP contribution in [-0.4, -0.2) is 9.78 Å². The van der Waals surface area contributed by atoms with Crippen LogP contribution in [0.1, 0.15) is 17.3 Å². The number of hydrogen-bond acceptors (Lipinski definition) is 3. The molecule has 0 saturated carbocycles. The van der Waals surface area contributed by atoms with Gasteiger partial charge < -0.3 is 0 Å². The highest BCUT2D eigenvalue weighted by molar-refractivity contribution is 14.1.